The molecule has 0 radical (unpaired) electrons. The minimum absolute atomic E-state index is 0.390. The first-order valence-corrected chi connectivity index (χ1v) is 6.43. The molecule has 0 aliphatic heterocycles. The lowest BCUT2D eigenvalue weighted by molar-refractivity contribution is 0.100. The second-order valence-corrected chi connectivity index (χ2v) is 4.79. The van der Waals surface area contributed by atoms with Crippen molar-refractivity contribution in [1.29, 1.82) is 0 Å². The Morgan fingerprint density at radius 3 is 2.47 bits per heavy atom. The van der Waals surface area contributed by atoms with Gasteiger partial charge in [0.15, 0.2) is 0 Å². The van der Waals surface area contributed by atoms with Gasteiger partial charge in [-0.2, -0.15) is 0 Å². The average molecular weight is 321 g/mol. The van der Waals surface area contributed by atoms with E-state index in [1.807, 2.05) is 18.2 Å². The number of anilines is 1. The lowest BCUT2D eigenvalue weighted by Gasteiger charge is -2.09. The van der Waals surface area contributed by atoms with Crippen LogP contribution in [0.5, 0.6) is 5.75 Å². The van der Waals surface area contributed by atoms with E-state index in [0.29, 0.717) is 23.6 Å². The van der Waals surface area contributed by atoms with Gasteiger partial charge in [0.05, 0.1) is 0 Å². The predicted molar refractivity (Wildman–Crippen MR) is 77.8 cm³/mol. The van der Waals surface area contributed by atoms with Crippen molar-refractivity contribution in [1.82, 2.24) is 0 Å². The lowest BCUT2D eigenvalue weighted by atomic mass is 10.2. The molecular weight excluding hydrogens is 308 g/mol. The van der Waals surface area contributed by atoms with Crippen LogP contribution >= 0.6 is 15.9 Å². The van der Waals surface area contributed by atoms with Gasteiger partial charge in [-0.3, -0.25) is 4.79 Å². The Balaban J connectivity index is 2.06. The number of nitrogens with two attached hydrogens (primary N) is 2. The molecule has 0 unspecified atom stereocenters. The van der Waals surface area contributed by atoms with Crippen molar-refractivity contribution in [2.45, 2.75) is 6.61 Å². The van der Waals surface area contributed by atoms with E-state index in [-0.39, 0.29) is 0 Å². The number of carbonyl (C=O) groups is 1. The quantitative estimate of drug-likeness (QED) is 0.850. The number of primary amides is 1. The minimum Gasteiger partial charge on any atom is -0.489 e. The normalized spacial score (nSPS) is 10.2. The van der Waals surface area contributed by atoms with Crippen molar-refractivity contribution in [3.63, 3.8) is 0 Å². The zero-order valence-electron chi connectivity index (χ0n) is 10.1. The number of rotatable bonds is 4. The Bertz CT molecular complexity index is 597. The fraction of sp³-hybridized carbons (Fsp3) is 0.0714. The molecule has 0 saturated carbocycles. The number of nitrogen functional groups attached to an aromatic ring is 1. The van der Waals surface area contributed by atoms with Crippen molar-refractivity contribution in [2.24, 2.45) is 5.73 Å². The van der Waals surface area contributed by atoms with Crippen LogP contribution in [0.1, 0.15) is 15.9 Å². The third kappa shape index (κ3) is 3.26. The van der Waals surface area contributed by atoms with Crippen LogP contribution in [0, 0.1) is 0 Å². The molecule has 0 spiro atoms. The molecule has 0 heterocycles. The SMILES string of the molecule is NC(=O)c1ccc(OCc2cccc(N)c2Br)cc1. The summed E-state index contributed by atoms with van der Waals surface area (Å²) in [6.45, 7) is 0.390. The summed E-state index contributed by atoms with van der Waals surface area (Å²) in [5.74, 6) is 0.212. The lowest BCUT2D eigenvalue weighted by Crippen LogP contribution is -2.10. The van der Waals surface area contributed by atoms with E-state index in [0.717, 1.165) is 10.0 Å². The fourth-order valence-corrected chi connectivity index (χ4v) is 1.97. The smallest absolute Gasteiger partial charge is 0.248 e. The molecule has 0 bridgehead atoms. The highest BCUT2D eigenvalue weighted by atomic mass is 79.9. The standard InChI is InChI=1S/C14H13BrN2O2/c15-13-10(2-1-3-12(13)16)8-19-11-6-4-9(5-7-11)14(17)18/h1-7H,8,16H2,(H2,17,18). The van der Waals surface area contributed by atoms with Crippen LogP contribution in [0.15, 0.2) is 46.9 Å². The molecule has 19 heavy (non-hydrogen) atoms. The first-order valence-electron chi connectivity index (χ1n) is 5.63. The number of hydrogen-bond acceptors (Lipinski definition) is 3. The Labute approximate surface area is 119 Å². The summed E-state index contributed by atoms with van der Waals surface area (Å²) in [6, 6.07) is 12.3. The van der Waals surface area contributed by atoms with Crippen molar-refractivity contribution < 1.29 is 9.53 Å². The van der Waals surface area contributed by atoms with Crippen molar-refractivity contribution in [3.8, 4) is 5.75 Å². The van der Waals surface area contributed by atoms with E-state index in [1.165, 1.54) is 0 Å². The Morgan fingerprint density at radius 1 is 1.16 bits per heavy atom. The van der Waals surface area contributed by atoms with E-state index in [9.17, 15) is 4.79 Å². The molecule has 0 saturated heterocycles. The van der Waals surface area contributed by atoms with Crippen molar-refractivity contribution in [3.05, 3.63) is 58.1 Å². The van der Waals surface area contributed by atoms with Crippen LogP contribution in [-0.4, -0.2) is 5.91 Å². The van der Waals surface area contributed by atoms with Crippen molar-refractivity contribution in [2.75, 3.05) is 5.73 Å². The fourth-order valence-electron chi connectivity index (χ4n) is 1.59. The van der Waals surface area contributed by atoms with E-state index in [2.05, 4.69) is 15.9 Å². The number of benzene rings is 2. The van der Waals surface area contributed by atoms with Gasteiger partial charge in [-0.05, 0) is 46.3 Å². The maximum atomic E-state index is 10.9. The summed E-state index contributed by atoms with van der Waals surface area (Å²) < 4.78 is 6.46. The second kappa shape index (κ2) is 5.75. The van der Waals surface area contributed by atoms with Crippen LogP contribution in [-0.2, 0) is 6.61 Å². The number of carbonyl (C=O) groups excluding carboxylic acids is 1. The summed E-state index contributed by atoms with van der Waals surface area (Å²) in [4.78, 5) is 10.9. The third-order valence-corrected chi connectivity index (χ3v) is 3.61. The molecule has 0 aromatic heterocycles. The molecule has 0 atom stereocenters. The van der Waals surface area contributed by atoms with Gasteiger partial charge in [-0.1, -0.05) is 12.1 Å². The molecule has 2 aromatic carbocycles. The molecule has 2 aromatic rings. The minimum atomic E-state index is -0.454. The second-order valence-electron chi connectivity index (χ2n) is 4.00. The summed E-state index contributed by atoms with van der Waals surface area (Å²) in [7, 11) is 0. The first-order chi connectivity index (χ1) is 9.08. The van der Waals surface area contributed by atoms with Gasteiger partial charge < -0.3 is 16.2 Å². The first kappa shape index (κ1) is 13.4. The monoisotopic (exact) mass is 320 g/mol. The van der Waals surface area contributed by atoms with E-state index in [1.54, 1.807) is 24.3 Å². The van der Waals surface area contributed by atoms with Crippen molar-refractivity contribution >= 4 is 27.5 Å². The van der Waals surface area contributed by atoms with Crippen LogP contribution in [0.4, 0.5) is 5.69 Å². The summed E-state index contributed by atoms with van der Waals surface area (Å²) in [6.07, 6.45) is 0. The Hall–Kier alpha value is -2.01. The molecule has 0 aliphatic rings. The number of amides is 1. The third-order valence-electron chi connectivity index (χ3n) is 2.64. The largest absolute Gasteiger partial charge is 0.489 e. The van der Waals surface area contributed by atoms with Crippen LogP contribution in [0.2, 0.25) is 0 Å². The number of ether oxygens (including phenoxy) is 1. The topological polar surface area (TPSA) is 78.3 Å². The zero-order valence-corrected chi connectivity index (χ0v) is 11.7. The Kier molecular flexibility index (Phi) is 4.06. The highest BCUT2D eigenvalue weighted by molar-refractivity contribution is 9.10. The molecule has 0 aliphatic carbocycles. The van der Waals surface area contributed by atoms with Gasteiger partial charge >= 0.3 is 0 Å². The van der Waals surface area contributed by atoms with E-state index in [4.69, 9.17) is 16.2 Å². The summed E-state index contributed by atoms with van der Waals surface area (Å²) in [5.41, 5.74) is 13.0. The molecule has 0 fully saturated rings. The molecular formula is C14H13BrN2O2. The van der Waals surface area contributed by atoms with Gasteiger partial charge in [0.2, 0.25) is 5.91 Å². The molecule has 98 valence electrons. The molecule has 4 nitrogen and oxygen atoms in total. The summed E-state index contributed by atoms with van der Waals surface area (Å²) in [5, 5.41) is 0. The summed E-state index contributed by atoms with van der Waals surface area (Å²) >= 11 is 3.42. The zero-order chi connectivity index (χ0) is 13.8. The molecule has 5 heteroatoms. The average Bonchev–Trinajstić information content (AvgIpc) is 2.41. The van der Waals surface area contributed by atoms with E-state index < -0.39 is 5.91 Å². The number of halogens is 1. The van der Waals surface area contributed by atoms with Gasteiger partial charge in [0.1, 0.15) is 12.4 Å². The van der Waals surface area contributed by atoms with Crippen LogP contribution in [0.25, 0.3) is 0 Å². The van der Waals surface area contributed by atoms with Gasteiger partial charge in [-0.15, -0.1) is 0 Å². The maximum Gasteiger partial charge on any atom is 0.248 e. The Morgan fingerprint density at radius 2 is 1.84 bits per heavy atom. The van der Waals surface area contributed by atoms with Crippen LogP contribution < -0.4 is 16.2 Å². The van der Waals surface area contributed by atoms with Gasteiger partial charge in [-0.25, -0.2) is 0 Å². The molecule has 2 rings (SSSR count). The predicted octanol–water partition coefficient (Wildman–Crippen LogP) is 2.71. The van der Waals surface area contributed by atoms with Gasteiger partial charge in [0.25, 0.3) is 0 Å². The highest BCUT2D eigenvalue weighted by Gasteiger charge is 2.04. The number of hydrogen-bond donors (Lipinski definition) is 2. The van der Waals surface area contributed by atoms with Crippen LogP contribution in [0.3, 0.4) is 0 Å². The maximum absolute atomic E-state index is 10.9. The molecule has 1 amide bonds. The van der Waals surface area contributed by atoms with E-state index >= 15 is 0 Å². The molecule has 4 N–H and O–H groups in total. The highest BCUT2D eigenvalue weighted by Crippen LogP contribution is 2.25. The van der Waals surface area contributed by atoms with Gasteiger partial charge in [0, 0.05) is 21.3 Å².